The van der Waals surface area contributed by atoms with E-state index in [0.717, 1.165) is 0 Å². The third-order valence-corrected chi connectivity index (χ3v) is 2.49. The van der Waals surface area contributed by atoms with Crippen LogP contribution in [0.3, 0.4) is 0 Å². The molecule has 0 aromatic heterocycles. The first-order valence-electron chi connectivity index (χ1n) is 6.54. The van der Waals surface area contributed by atoms with Crippen LogP contribution in [0.2, 0.25) is 0 Å². The lowest BCUT2D eigenvalue weighted by molar-refractivity contribution is -0.123. The zero-order valence-corrected chi connectivity index (χ0v) is 11.9. The number of amides is 1. The molecular formula is C14H20F2N2O2. The molecular weight excluding hydrogens is 266 g/mol. The van der Waals surface area contributed by atoms with Crippen LogP contribution in [0.15, 0.2) is 12.1 Å². The minimum atomic E-state index is -0.810. The normalized spacial score (nSPS) is 10.7. The van der Waals surface area contributed by atoms with Crippen LogP contribution < -0.4 is 15.4 Å². The summed E-state index contributed by atoms with van der Waals surface area (Å²) in [6, 6.07) is 2.62. The van der Waals surface area contributed by atoms with Crippen LogP contribution in [0.5, 0.6) is 5.75 Å². The fourth-order valence-electron chi connectivity index (χ4n) is 1.56. The van der Waals surface area contributed by atoms with Crippen LogP contribution in [0, 0.1) is 11.6 Å². The number of hydrogen-bond acceptors (Lipinski definition) is 3. The molecule has 0 heterocycles. The maximum atomic E-state index is 13.7. The van der Waals surface area contributed by atoms with Crippen molar-refractivity contribution in [3.05, 3.63) is 29.3 Å². The van der Waals surface area contributed by atoms with Crippen LogP contribution in [0.25, 0.3) is 0 Å². The first-order chi connectivity index (χ1) is 9.43. The highest BCUT2D eigenvalue weighted by atomic mass is 19.1. The van der Waals surface area contributed by atoms with Crippen molar-refractivity contribution in [1.29, 1.82) is 0 Å². The minimum Gasteiger partial charge on any atom is -0.478 e. The molecule has 0 atom stereocenters. The van der Waals surface area contributed by atoms with Crippen molar-refractivity contribution in [2.24, 2.45) is 0 Å². The largest absolute Gasteiger partial charge is 0.478 e. The van der Waals surface area contributed by atoms with Crippen LogP contribution in [0.1, 0.15) is 26.3 Å². The second-order valence-corrected chi connectivity index (χ2v) is 4.67. The summed E-state index contributed by atoms with van der Waals surface area (Å²) in [5.41, 5.74) is 0.485. The van der Waals surface area contributed by atoms with Gasteiger partial charge in [0, 0.05) is 19.1 Å². The van der Waals surface area contributed by atoms with Gasteiger partial charge in [0.25, 0.3) is 5.91 Å². The summed E-state index contributed by atoms with van der Waals surface area (Å²) in [6.45, 7) is 6.02. The summed E-state index contributed by atoms with van der Waals surface area (Å²) >= 11 is 0. The van der Waals surface area contributed by atoms with Crippen LogP contribution in [0.4, 0.5) is 8.78 Å². The second-order valence-electron chi connectivity index (χ2n) is 4.67. The number of carbonyl (C=O) groups is 1. The third-order valence-electron chi connectivity index (χ3n) is 2.49. The van der Waals surface area contributed by atoms with Crippen molar-refractivity contribution < 1.29 is 18.3 Å². The Hall–Kier alpha value is -1.69. The van der Waals surface area contributed by atoms with Gasteiger partial charge in [-0.05, 0) is 24.6 Å². The average molecular weight is 286 g/mol. The quantitative estimate of drug-likeness (QED) is 0.806. The number of benzene rings is 1. The van der Waals surface area contributed by atoms with Gasteiger partial charge >= 0.3 is 0 Å². The van der Waals surface area contributed by atoms with Gasteiger partial charge < -0.3 is 15.4 Å². The number of ether oxygens (including phenoxy) is 1. The van der Waals surface area contributed by atoms with Gasteiger partial charge in [0.2, 0.25) is 0 Å². The average Bonchev–Trinajstić information content (AvgIpc) is 2.35. The molecule has 0 aliphatic heterocycles. The first kappa shape index (κ1) is 16.4. The molecule has 0 aliphatic carbocycles. The number of nitrogens with one attached hydrogen (secondary N) is 2. The van der Waals surface area contributed by atoms with Gasteiger partial charge in [-0.15, -0.1) is 0 Å². The summed E-state index contributed by atoms with van der Waals surface area (Å²) in [5.74, 6) is -2.56. The van der Waals surface area contributed by atoms with Crippen molar-refractivity contribution in [1.82, 2.24) is 10.6 Å². The van der Waals surface area contributed by atoms with E-state index in [-0.39, 0.29) is 6.04 Å². The molecule has 2 N–H and O–H groups in total. The van der Waals surface area contributed by atoms with Crippen LogP contribution in [-0.2, 0) is 11.3 Å². The highest BCUT2D eigenvalue weighted by Crippen LogP contribution is 2.23. The molecule has 1 amide bonds. The number of halogens is 2. The SMILES string of the molecule is CCNC(=O)COc1c(F)cc(CNC(C)C)cc1F. The molecule has 6 heteroatoms. The molecule has 0 aliphatic rings. The van der Waals surface area contributed by atoms with Crippen molar-refractivity contribution in [3.63, 3.8) is 0 Å². The lowest BCUT2D eigenvalue weighted by Gasteiger charge is -2.11. The lowest BCUT2D eigenvalue weighted by Crippen LogP contribution is -2.28. The van der Waals surface area contributed by atoms with E-state index in [1.54, 1.807) is 6.92 Å². The van der Waals surface area contributed by atoms with E-state index < -0.39 is 29.9 Å². The van der Waals surface area contributed by atoms with E-state index in [4.69, 9.17) is 4.74 Å². The van der Waals surface area contributed by atoms with Crippen LogP contribution >= 0.6 is 0 Å². The number of rotatable bonds is 7. The highest BCUT2D eigenvalue weighted by Gasteiger charge is 2.14. The summed E-state index contributed by atoms with van der Waals surface area (Å²) < 4.78 is 32.4. The summed E-state index contributed by atoms with van der Waals surface area (Å²) in [5, 5.41) is 5.54. The Kier molecular flexibility index (Phi) is 6.38. The van der Waals surface area contributed by atoms with E-state index in [0.29, 0.717) is 18.7 Å². The van der Waals surface area contributed by atoms with E-state index in [1.165, 1.54) is 12.1 Å². The summed E-state index contributed by atoms with van der Waals surface area (Å²) in [4.78, 5) is 11.2. The fraction of sp³-hybridized carbons (Fsp3) is 0.500. The highest BCUT2D eigenvalue weighted by molar-refractivity contribution is 5.77. The zero-order valence-electron chi connectivity index (χ0n) is 11.9. The molecule has 0 unspecified atom stereocenters. The Morgan fingerprint density at radius 3 is 2.40 bits per heavy atom. The number of hydrogen-bond donors (Lipinski definition) is 2. The molecule has 0 radical (unpaired) electrons. The predicted molar refractivity (Wildman–Crippen MR) is 72.5 cm³/mol. The molecule has 4 nitrogen and oxygen atoms in total. The van der Waals surface area contributed by atoms with Crippen molar-refractivity contribution >= 4 is 5.91 Å². The summed E-state index contributed by atoms with van der Waals surface area (Å²) in [7, 11) is 0. The smallest absolute Gasteiger partial charge is 0.257 e. The van der Waals surface area contributed by atoms with Gasteiger partial charge in [-0.2, -0.15) is 0 Å². The maximum Gasteiger partial charge on any atom is 0.257 e. The molecule has 0 spiro atoms. The molecule has 1 aromatic carbocycles. The van der Waals surface area contributed by atoms with E-state index in [9.17, 15) is 13.6 Å². The van der Waals surface area contributed by atoms with Gasteiger partial charge in [-0.25, -0.2) is 8.78 Å². The van der Waals surface area contributed by atoms with E-state index in [1.807, 2.05) is 13.8 Å². The Morgan fingerprint density at radius 2 is 1.90 bits per heavy atom. The van der Waals surface area contributed by atoms with Gasteiger partial charge in [-0.1, -0.05) is 13.8 Å². The monoisotopic (exact) mass is 286 g/mol. The zero-order chi connectivity index (χ0) is 15.1. The van der Waals surface area contributed by atoms with Gasteiger partial charge in [-0.3, -0.25) is 4.79 Å². The number of likely N-dealkylation sites (N-methyl/N-ethyl adjacent to an activating group) is 1. The van der Waals surface area contributed by atoms with E-state index >= 15 is 0 Å². The van der Waals surface area contributed by atoms with Gasteiger partial charge in [0.1, 0.15) is 0 Å². The number of carbonyl (C=O) groups excluding carboxylic acids is 1. The van der Waals surface area contributed by atoms with E-state index in [2.05, 4.69) is 10.6 Å². The molecule has 1 rings (SSSR count). The molecule has 20 heavy (non-hydrogen) atoms. The molecule has 1 aromatic rings. The fourth-order valence-corrected chi connectivity index (χ4v) is 1.56. The Morgan fingerprint density at radius 1 is 1.30 bits per heavy atom. The topological polar surface area (TPSA) is 50.4 Å². The molecule has 0 fully saturated rings. The molecule has 0 saturated carbocycles. The first-order valence-corrected chi connectivity index (χ1v) is 6.54. The van der Waals surface area contributed by atoms with Crippen molar-refractivity contribution in [2.45, 2.75) is 33.4 Å². The summed E-state index contributed by atoms with van der Waals surface area (Å²) in [6.07, 6.45) is 0. The Labute approximate surface area is 117 Å². The van der Waals surface area contributed by atoms with Gasteiger partial charge in [0.15, 0.2) is 24.0 Å². The maximum absolute atomic E-state index is 13.7. The third kappa shape index (κ3) is 5.13. The molecule has 0 saturated heterocycles. The minimum absolute atomic E-state index is 0.217. The van der Waals surface area contributed by atoms with Gasteiger partial charge in [0.05, 0.1) is 0 Å². The standard InChI is InChI=1S/C14H20F2N2O2/c1-4-17-13(19)8-20-14-11(15)5-10(6-12(14)16)7-18-9(2)3/h5-6,9,18H,4,7-8H2,1-3H3,(H,17,19). The lowest BCUT2D eigenvalue weighted by atomic mass is 10.2. The van der Waals surface area contributed by atoms with Crippen molar-refractivity contribution in [3.8, 4) is 5.75 Å². The molecule has 0 bridgehead atoms. The second kappa shape index (κ2) is 7.79. The molecule has 112 valence electrons. The van der Waals surface area contributed by atoms with Crippen molar-refractivity contribution in [2.75, 3.05) is 13.2 Å². The van der Waals surface area contributed by atoms with Crippen LogP contribution in [-0.4, -0.2) is 25.1 Å². The Balaban J connectivity index is 2.71. The Bertz CT molecular complexity index is 441. The predicted octanol–water partition coefficient (Wildman–Crippen LogP) is 1.98.